The maximum atomic E-state index is 13.2. The van der Waals surface area contributed by atoms with E-state index in [0.717, 1.165) is 39.2 Å². The normalized spacial score (nSPS) is 14.9. The number of imidazole rings is 1. The molecule has 2 aromatic carbocycles. The molecule has 152 valence electrons. The first kappa shape index (κ1) is 18.6. The SMILES string of the molecule is FN1CCN(c2ccc3[nH]c(-c4ccc(OCc5ccccc5)cc4)nc3n2)CC1. The number of benzene rings is 2. The average Bonchev–Trinajstić information content (AvgIpc) is 3.23. The number of hydrogen-bond donors (Lipinski definition) is 1. The van der Waals surface area contributed by atoms with Gasteiger partial charge in [0.25, 0.3) is 0 Å². The van der Waals surface area contributed by atoms with Crippen LogP contribution in [0.2, 0.25) is 0 Å². The van der Waals surface area contributed by atoms with Crippen LogP contribution in [0.25, 0.3) is 22.6 Å². The van der Waals surface area contributed by atoms with Crippen LogP contribution in [0.4, 0.5) is 10.3 Å². The molecule has 5 rings (SSSR count). The zero-order valence-corrected chi connectivity index (χ0v) is 16.5. The Hall–Kier alpha value is -3.45. The van der Waals surface area contributed by atoms with E-state index in [1.807, 2.05) is 66.7 Å². The fraction of sp³-hybridized carbons (Fsp3) is 0.217. The molecule has 0 spiro atoms. The van der Waals surface area contributed by atoms with Crippen LogP contribution in [0.1, 0.15) is 5.56 Å². The van der Waals surface area contributed by atoms with Gasteiger partial charge < -0.3 is 14.6 Å². The van der Waals surface area contributed by atoms with E-state index in [-0.39, 0.29) is 0 Å². The molecule has 1 fully saturated rings. The van der Waals surface area contributed by atoms with Crippen molar-refractivity contribution in [2.45, 2.75) is 6.61 Å². The van der Waals surface area contributed by atoms with Crippen molar-refractivity contribution in [1.29, 1.82) is 0 Å². The maximum absolute atomic E-state index is 13.2. The van der Waals surface area contributed by atoms with Crippen molar-refractivity contribution in [1.82, 2.24) is 20.1 Å². The van der Waals surface area contributed by atoms with Crippen molar-refractivity contribution in [3.8, 4) is 17.1 Å². The van der Waals surface area contributed by atoms with Gasteiger partial charge in [-0.1, -0.05) is 30.3 Å². The number of fused-ring (bicyclic) bond motifs is 1. The molecule has 0 atom stereocenters. The van der Waals surface area contributed by atoms with Crippen LogP contribution in [0.15, 0.2) is 66.7 Å². The number of hydrogen-bond acceptors (Lipinski definition) is 5. The molecule has 4 aromatic rings. The summed E-state index contributed by atoms with van der Waals surface area (Å²) < 4.78 is 19.1. The molecule has 0 amide bonds. The lowest BCUT2D eigenvalue weighted by molar-refractivity contribution is 0.0199. The molecule has 0 aliphatic carbocycles. The topological polar surface area (TPSA) is 57.3 Å². The number of nitrogens with one attached hydrogen (secondary N) is 1. The van der Waals surface area contributed by atoms with Crippen molar-refractivity contribution < 1.29 is 9.22 Å². The van der Waals surface area contributed by atoms with Crippen LogP contribution in [0, 0.1) is 0 Å². The van der Waals surface area contributed by atoms with Crippen molar-refractivity contribution in [2.75, 3.05) is 31.1 Å². The van der Waals surface area contributed by atoms with E-state index in [0.29, 0.717) is 38.4 Å². The van der Waals surface area contributed by atoms with Crippen LogP contribution in [-0.2, 0) is 6.61 Å². The van der Waals surface area contributed by atoms with Gasteiger partial charge in [0, 0.05) is 31.7 Å². The summed E-state index contributed by atoms with van der Waals surface area (Å²) in [6.07, 6.45) is 0. The molecule has 1 saturated heterocycles. The number of H-pyrrole nitrogens is 1. The molecule has 0 unspecified atom stereocenters. The minimum atomic E-state index is 0.393. The van der Waals surface area contributed by atoms with E-state index in [2.05, 4.69) is 19.9 Å². The fourth-order valence-electron chi connectivity index (χ4n) is 3.56. The number of pyridine rings is 1. The summed E-state index contributed by atoms with van der Waals surface area (Å²) in [5.41, 5.74) is 3.64. The molecule has 1 aliphatic heterocycles. The predicted molar refractivity (Wildman–Crippen MR) is 115 cm³/mol. The van der Waals surface area contributed by atoms with Gasteiger partial charge in [-0.2, -0.15) is 0 Å². The number of halogens is 1. The first-order chi connectivity index (χ1) is 14.7. The van der Waals surface area contributed by atoms with Gasteiger partial charge in [-0.25, -0.2) is 9.97 Å². The van der Waals surface area contributed by atoms with Gasteiger partial charge in [-0.15, -0.1) is 9.60 Å². The largest absolute Gasteiger partial charge is 0.489 e. The predicted octanol–water partition coefficient (Wildman–Crippen LogP) is 4.21. The van der Waals surface area contributed by atoms with Gasteiger partial charge >= 0.3 is 0 Å². The minimum absolute atomic E-state index is 0.393. The van der Waals surface area contributed by atoms with E-state index < -0.39 is 0 Å². The molecular formula is C23H22FN5O. The van der Waals surface area contributed by atoms with E-state index in [1.54, 1.807) is 0 Å². The number of aromatic nitrogens is 3. The number of aromatic amines is 1. The van der Waals surface area contributed by atoms with Crippen LogP contribution in [0.5, 0.6) is 5.75 Å². The number of rotatable bonds is 5. The third-order valence-corrected chi connectivity index (χ3v) is 5.26. The van der Waals surface area contributed by atoms with Crippen molar-refractivity contribution in [2.24, 2.45) is 0 Å². The van der Waals surface area contributed by atoms with Crippen molar-refractivity contribution >= 4 is 17.0 Å². The molecule has 30 heavy (non-hydrogen) atoms. The van der Waals surface area contributed by atoms with E-state index in [9.17, 15) is 4.48 Å². The number of ether oxygens (including phenoxy) is 1. The lowest BCUT2D eigenvalue weighted by Gasteiger charge is -2.30. The standard InChI is InChI=1S/C23H22FN5O/c24-29-14-12-28(13-15-29)21-11-10-20-23(26-21)27-22(25-20)18-6-8-19(9-7-18)30-16-17-4-2-1-3-5-17/h1-11H,12-16H2,(H,25,26,27). The van der Waals surface area contributed by atoms with E-state index >= 15 is 0 Å². The van der Waals surface area contributed by atoms with Gasteiger partial charge in [-0.05, 0) is 42.0 Å². The smallest absolute Gasteiger partial charge is 0.180 e. The quantitative estimate of drug-likeness (QED) is 0.506. The fourth-order valence-corrected chi connectivity index (χ4v) is 3.56. The zero-order chi connectivity index (χ0) is 20.3. The summed E-state index contributed by atoms with van der Waals surface area (Å²) in [5.74, 6) is 2.40. The van der Waals surface area contributed by atoms with Crippen molar-refractivity contribution in [3.05, 3.63) is 72.3 Å². The van der Waals surface area contributed by atoms with Gasteiger partial charge in [-0.3, -0.25) is 0 Å². The van der Waals surface area contributed by atoms with Crippen LogP contribution in [0.3, 0.4) is 0 Å². The monoisotopic (exact) mass is 403 g/mol. The summed E-state index contributed by atoms with van der Waals surface area (Å²) in [4.78, 5) is 14.7. The first-order valence-electron chi connectivity index (χ1n) is 10.0. The molecule has 3 heterocycles. The summed E-state index contributed by atoms with van der Waals surface area (Å²) in [5, 5.41) is 0.842. The molecular weight excluding hydrogens is 381 g/mol. The molecule has 0 saturated carbocycles. The summed E-state index contributed by atoms with van der Waals surface area (Å²) >= 11 is 0. The van der Waals surface area contributed by atoms with Gasteiger partial charge in [0.1, 0.15) is 24.0 Å². The van der Waals surface area contributed by atoms with Crippen molar-refractivity contribution in [3.63, 3.8) is 0 Å². The number of piperazine rings is 1. The zero-order valence-electron chi connectivity index (χ0n) is 16.5. The summed E-state index contributed by atoms with van der Waals surface area (Å²) in [7, 11) is 0. The highest BCUT2D eigenvalue weighted by Gasteiger charge is 2.18. The highest BCUT2D eigenvalue weighted by atomic mass is 19.2. The highest BCUT2D eigenvalue weighted by molar-refractivity contribution is 5.77. The Balaban J connectivity index is 1.30. The Bertz CT molecular complexity index is 1120. The second-order valence-electron chi connectivity index (χ2n) is 7.32. The van der Waals surface area contributed by atoms with E-state index in [4.69, 9.17) is 4.74 Å². The minimum Gasteiger partial charge on any atom is -0.489 e. The Kier molecular flexibility index (Phi) is 5.03. The van der Waals surface area contributed by atoms with Crippen LogP contribution < -0.4 is 9.64 Å². The Morgan fingerprint density at radius 3 is 2.40 bits per heavy atom. The highest BCUT2D eigenvalue weighted by Crippen LogP contribution is 2.24. The molecule has 7 heteroatoms. The summed E-state index contributed by atoms with van der Waals surface area (Å²) in [6, 6.07) is 21.9. The Labute approximate surface area is 173 Å². The Morgan fingerprint density at radius 2 is 1.63 bits per heavy atom. The second-order valence-corrected chi connectivity index (χ2v) is 7.32. The molecule has 0 bridgehead atoms. The van der Waals surface area contributed by atoms with Crippen LogP contribution in [-0.4, -0.2) is 46.3 Å². The van der Waals surface area contributed by atoms with Gasteiger partial charge in [0.15, 0.2) is 5.65 Å². The third kappa shape index (κ3) is 3.97. The molecule has 2 aromatic heterocycles. The first-order valence-corrected chi connectivity index (χ1v) is 10.0. The summed E-state index contributed by atoms with van der Waals surface area (Å²) in [6.45, 7) is 2.57. The number of anilines is 1. The average molecular weight is 403 g/mol. The van der Waals surface area contributed by atoms with Crippen LogP contribution >= 0.6 is 0 Å². The van der Waals surface area contributed by atoms with Gasteiger partial charge in [0.2, 0.25) is 0 Å². The third-order valence-electron chi connectivity index (χ3n) is 5.26. The second kappa shape index (κ2) is 8.12. The maximum Gasteiger partial charge on any atom is 0.180 e. The molecule has 1 N–H and O–H groups in total. The lowest BCUT2D eigenvalue weighted by atomic mass is 10.2. The Morgan fingerprint density at radius 1 is 0.867 bits per heavy atom. The molecule has 6 nitrogen and oxygen atoms in total. The molecule has 0 radical (unpaired) electrons. The lowest BCUT2D eigenvalue weighted by Crippen LogP contribution is -2.43. The van der Waals surface area contributed by atoms with E-state index in [1.165, 1.54) is 0 Å². The number of nitrogens with zero attached hydrogens (tertiary/aromatic N) is 4. The van der Waals surface area contributed by atoms with Gasteiger partial charge in [0.05, 0.1) is 5.52 Å². The molecule has 1 aliphatic rings.